The van der Waals surface area contributed by atoms with Gasteiger partial charge in [-0.05, 0) is 0 Å². The summed E-state index contributed by atoms with van der Waals surface area (Å²) in [6, 6.07) is 14.5. The van der Waals surface area contributed by atoms with Crippen LogP contribution in [0.4, 0.5) is 11.4 Å². The quantitative estimate of drug-likeness (QED) is 0.0650. The fourth-order valence-electron chi connectivity index (χ4n) is 12.1. The van der Waals surface area contributed by atoms with Crippen molar-refractivity contribution < 1.29 is 17.0 Å². The number of hydrogen-bond acceptors (Lipinski definition) is 2. The van der Waals surface area contributed by atoms with Gasteiger partial charge >= 0.3 is 429 Å². The van der Waals surface area contributed by atoms with Crippen molar-refractivity contribution in [2.45, 2.75) is 218 Å². The first kappa shape index (κ1) is 58.6. The van der Waals surface area contributed by atoms with Gasteiger partial charge in [0.2, 0.25) is 0 Å². The molecule has 376 valence electrons. The molecule has 2 nitrogen and oxygen atoms in total. The van der Waals surface area contributed by atoms with E-state index in [1.54, 1.807) is 0 Å². The van der Waals surface area contributed by atoms with Crippen molar-refractivity contribution in [3.63, 3.8) is 0 Å². The maximum atomic E-state index is 8.04. The molecule has 0 radical (unpaired) electrons. The van der Waals surface area contributed by atoms with Crippen molar-refractivity contribution in [3.8, 4) is 0 Å². The van der Waals surface area contributed by atoms with Crippen LogP contribution in [-0.2, 0) is 17.0 Å². The van der Waals surface area contributed by atoms with Crippen molar-refractivity contribution in [1.82, 2.24) is 0 Å². The second kappa shape index (κ2) is 27.1. The Morgan fingerprint density at radius 2 is 0.600 bits per heavy atom. The molecule has 0 N–H and O–H groups in total. The van der Waals surface area contributed by atoms with E-state index in [1.807, 2.05) is 0 Å². The van der Waals surface area contributed by atoms with Crippen LogP contribution in [0.15, 0.2) is 46.7 Å². The number of hydrogen-bond donors (Lipinski definition) is 0. The third kappa shape index (κ3) is 16.2. The average Bonchev–Trinajstić information content (AvgIpc) is 3.42. The normalized spacial score (nSPS) is 15.7. The standard InChI is InChI=1S/C59H99Cl2N2.ClH.Pd/c1-36(2)27-46(28-37(3)4)50-23-21-24-51(47(29-38(5)6)30-39(7)8)56(50)62-35-63(59(61)58(62)60)57-52(48(31-40(9)10)32-41(11)12)25-22-26-53(57)49(33-54(42(13)14)43(15)16)34-55(44(17)18)45(19)20;;/h21-26,35-49,54-55H,27-34H2,1-20H3;1H;/q;;+1/p-1. The molecule has 1 unspecified atom stereocenters. The van der Waals surface area contributed by atoms with Gasteiger partial charge in [0.15, 0.2) is 0 Å². The second-order valence-corrected chi connectivity index (χ2v) is 27.3. The van der Waals surface area contributed by atoms with E-state index in [1.165, 1.54) is 33.6 Å². The third-order valence-corrected chi connectivity index (χ3v) is 17.2. The van der Waals surface area contributed by atoms with Crippen LogP contribution in [-0.4, -0.2) is 4.64 Å². The molecule has 6 heteroatoms. The Morgan fingerprint density at radius 3 is 0.785 bits per heavy atom. The van der Waals surface area contributed by atoms with Crippen LogP contribution in [0.5, 0.6) is 0 Å². The van der Waals surface area contributed by atoms with Crippen molar-refractivity contribution >= 4 is 44.1 Å². The molecule has 2 aromatic rings. The van der Waals surface area contributed by atoms with Gasteiger partial charge in [-0.2, -0.15) is 0 Å². The Hall–Kier alpha value is -0.688. The number of anilines is 2. The first-order chi connectivity index (χ1) is 30.3. The van der Waals surface area contributed by atoms with Crippen LogP contribution < -0.4 is 9.80 Å². The van der Waals surface area contributed by atoms with Crippen LogP contribution in [0.1, 0.15) is 236 Å². The van der Waals surface area contributed by atoms with Crippen molar-refractivity contribution in [1.29, 1.82) is 0 Å². The van der Waals surface area contributed by atoms with Crippen LogP contribution >= 0.6 is 32.7 Å². The van der Waals surface area contributed by atoms with E-state index in [4.69, 9.17) is 32.7 Å². The summed E-state index contributed by atoms with van der Waals surface area (Å²) in [5.74, 6) is 8.29. The topological polar surface area (TPSA) is 6.48 Å². The predicted octanol–water partition coefficient (Wildman–Crippen LogP) is 20.4. The van der Waals surface area contributed by atoms with Gasteiger partial charge in [0.05, 0.1) is 0 Å². The fraction of sp³-hybridized carbons (Fsp3) is 0.763. The zero-order valence-electron chi connectivity index (χ0n) is 45.3. The van der Waals surface area contributed by atoms with Gasteiger partial charge in [-0.1, -0.05) is 0 Å². The minimum absolute atomic E-state index is 0.250. The zero-order valence-corrected chi connectivity index (χ0v) is 49.1. The number of halogens is 3. The second-order valence-electron chi connectivity index (χ2n) is 24.6. The summed E-state index contributed by atoms with van der Waals surface area (Å²) in [6.07, 6.45) is 9.02. The molecule has 0 amide bonds. The summed E-state index contributed by atoms with van der Waals surface area (Å²) in [7, 11) is 7.62. The van der Waals surface area contributed by atoms with Gasteiger partial charge < -0.3 is 0 Å². The van der Waals surface area contributed by atoms with Gasteiger partial charge in [-0.3, -0.25) is 0 Å². The van der Waals surface area contributed by atoms with Crippen molar-refractivity contribution in [2.75, 3.05) is 9.80 Å². The first-order valence-corrected chi connectivity index (χ1v) is 30.1. The fourth-order valence-corrected chi connectivity index (χ4v) is 14.7. The van der Waals surface area contributed by atoms with Crippen molar-refractivity contribution in [3.05, 3.63) is 69.0 Å². The minimum atomic E-state index is -0.251. The van der Waals surface area contributed by atoms with E-state index >= 15 is 0 Å². The number of nitrogens with zero attached hydrogens (tertiary/aromatic N) is 2. The van der Waals surface area contributed by atoms with Gasteiger partial charge in [-0.15, -0.1) is 0 Å². The molecule has 0 saturated heterocycles. The molecule has 0 bridgehead atoms. The summed E-state index contributed by atoms with van der Waals surface area (Å²) < 4.78 is -0.251. The molecule has 0 saturated carbocycles. The third-order valence-electron chi connectivity index (χ3n) is 14.6. The molecule has 0 spiro atoms. The number of rotatable bonds is 27. The van der Waals surface area contributed by atoms with Crippen molar-refractivity contribution in [2.24, 2.45) is 71.0 Å². The Balaban J connectivity index is 2.63. The van der Waals surface area contributed by atoms with E-state index < -0.39 is 0 Å². The first-order valence-electron chi connectivity index (χ1n) is 26.4. The van der Waals surface area contributed by atoms with E-state index in [2.05, 4.69) is 185 Å². The molecular weight excluding hydrogens is 949 g/mol. The molecule has 1 aliphatic rings. The number of para-hydroxylation sites is 2. The Morgan fingerprint density at radius 1 is 0.385 bits per heavy atom. The SMILES string of the molecule is CC(C)CC(CC(C)C)c1cccc(C(CC(C)C)CC(C)C)c1N1C(Cl)=C(Cl)N(c2c(C(CC(C)C)CC(C)C)cccc2C(CC(C(C)C)C(C)C)CC(C(C)C)C(C)C)[CH]1[Pd][Cl]. The Kier molecular flexibility index (Phi) is 24.4. The van der Waals surface area contributed by atoms with Gasteiger partial charge in [-0.25, -0.2) is 0 Å². The van der Waals surface area contributed by atoms with E-state index in [9.17, 15) is 0 Å². The number of benzene rings is 2. The molecule has 0 fully saturated rings. The molecule has 3 rings (SSSR count). The molecule has 0 aromatic heterocycles. The summed E-state index contributed by atoms with van der Waals surface area (Å²) in [6.45, 7) is 48.2. The van der Waals surface area contributed by atoms with E-state index in [-0.39, 0.29) is 21.6 Å². The summed E-state index contributed by atoms with van der Waals surface area (Å²) in [4.78, 5) is 4.94. The summed E-state index contributed by atoms with van der Waals surface area (Å²) in [5.41, 5.74) is 8.24. The van der Waals surface area contributed by atoms with Crippen LogP contribution in [0, 0.1) is 71.0 Å². The zero-order chi connectivity index (χ0) is 49.2. The van der Waals surface area contributed by atoms with E-state index in [0.29, 0.717) is 105 Å². The van der Waals surface area contributed by atoms with Crippen LogP contribution in [0.2, 0.25) is 0 Å². The van der Waals surface area contributed by atoms with Gasteiger partial charge in [0, 0.05) is 0 Å². The Bertz CT molecular complexity index is 1630. The summed E-state index contributed by atoms with van der Waals surface area (Å²) in [5, 5.41) is 1.25. The van der Waals surface area contributed by atoms with E-state index in [0.717, 1.165) is 51.4 Å². The molecule has 0 aliphatic carbocycles. The molecular formula is C59H99Cl3N2Pd. The Labute approximate surface area is 426 Å². The van der Waals surface area contributed by atoms with Crippen LogP contribution in [0.25, 0.3) is 0 Å². The summed E-state index contributed by atoms with van der Waals surface area (Å²) >= 11 is 15.8. The molecule has 1 atom stereocenters. The predicted molar refractivity (Wildman–Crippen MR) is 289 cm³/mol. The monoisotopic (exact) mass is 1050 g/mol. The van der Waals surface area contributed by atoms with Crippen LogP contribution in [0.3, 0.4) is 0 Å². The maximum absolute atomic E-state index is 8.04. The molecule has 2 aromatic carbocycles. The van der Waals surface area contributed by atoms with Gasteiger partial charge in [0.25, 0.3) is 0 Å². The average molecular weight is 1050 g/mol. The van der Waals surface area contributed by atoms with Gasteiger partial charge in [0.1, 0.15) is 0 Å². The molecule has 65 heavy (non-hydrogen) atoms. The molecule has 1 aliphatic heterocycles. The molecule has 1 heterocycles.